The lowest BCUT2D eigenvalue weighted by molar-refractivity contribution is 0.0850. The van der Waals surface area contributed by atoms with E-state index in [4.69, 9.17) is 0 Å². The fraction of sp³-hybridized carbons (Fsp3) is 0.636. The zero-order chi connectivity index (χ0) is 10.7. The summed E-state index contributed by atoms with van der Waals surface area (Å²) in [6, 6.07) is 4.63. The highest BCUT2D eigenvalue weighted by molar-refractivity contribution is 9.11. The summed E-state index contributed by atoms with van der Waals surface area (Å²) < 4.78 is 1.19. The van der Waals surface area contributed by atoms with Crippen molar-refractivity contribution in [1.82, 2.24) is 4.90 Å². The van der Waals surface area contributed by atoms with Crippen molar-refractivity contribution in [2.45, 2.75) is 31.8 Å². The zero-order valence-electron chi connectivity index (χ0n) is 8.66. The number of nitrogens with zero attached hydrogens (tertiary/aromatic N) is 1. The van der Waals surface area contributed by atoms with Gasteiger partial charge in [-0.25, -0.2) is 0 Å². The van der Waals surface area contributed by atoms with E-state index in [1.807, 2.05) is 0 Å². The Bertz CT molecular complexity index is 315. The second-order valence-corrected chi connectivity index (χ2v) is 6.56. The number of rotatable bonds is 3. The lowest BCUT2D eigenvalue weighted by atomic mass is 10.0. The number of hydrogen-bond acceptors (Lipinski definition) is 3. The van der Waals surface area contributed by atoms with Gasteiger partial charge < -0.3 is 5.11 Å². The Morgan fingerprint density at radius 1 is 1.47 bits per heavy atom. The Balaban J connectivity index is 1.97. The largest absolute Gasteiger partial charge is 0.395 e. The highest BCUT2D eigenvalue weighted by Gasteiger charge is 2.21. The SMILES string of the molecule is OCC1CCCCN1Cc1ccc(Br)s1. The molecule has 2 heterocycles. The van der Waals surface area contributed by atoms with Gasteiger partial charge in [0.1, 0.15) is 0 Å². The van der Waals surface area contributed by atoms with Crippen molar-refractivity contribution in [2.24, 2.45) is 0 Å². The fourth-order valence-electron chi connectivity index (χ4n) is 2.11. The standard InChI is InChI=1S/C11H16BrNOS/c12-11-5-4-10(15-11)7-13-6-2-1-3-9(13)8-14/h4-5,9,14H,1-3,6-8H2. The number of aliphatic hydroxyl groups excluding tert-OH is 1. The van der Waals surface area contributed by atoms with Gasteiger partial charge in [-0.05, 0) is 47.4 Å². The molecule has 1 unspecified atom stereocenters. The molecule has 1 fully saturated rings. The van der Waals surface area contributed by atoms with E-state index < -0.39 is 0 Å². The lowest BCUT2D eigenvalue weighted by Crippen LogP contribution is -2.40. The Morgan fingerprint density at radius 3 is 3.00 bits per heavy atom. The van der Waals surface area contributed by atoms with Crippen molar-refractivity contribution in [3.05, 3.63) is 20.8 Å². The molecule has 0 aromatic carbocycles. The molecule has 1 aliphatic heterocycles. The fourth-order valence-corrected chi connectivity index (χ4v) is 3.62. The van der Waals surface area contributed by atoms with Crippen LogP contribution in [0, 0.1) is 0 Å². The van der Waals surface area contributed by atoms with Gasteiger partial charge in [0.2, 0.25) is 0 Å². The molecule has 0 amide bonds. The third kappa shape index (κ3) is 3.03. The van der Waals surface area contributed by atoms with E-state index >= 15 is 0 Å². The van der Waals surface area contributed by atoms with Crippen LogP contribution >= 0.6 is 27.3 Å². The summed E-state index contributed by atoms with van der Waals surface area (Å²) in [7, 11) is 0. The predicted molar refractivity (Wildman–Crippen MR) is 67.2 cm³/mol. The van der Waals surface area contributed by atoms with E-state index in [-0.39, 0.29) is 0 Å². The minimum Gasteiger partial charge on any atom is -0.395 e. The number of thiophene rings is 1. The molecule has 1 aliphatic rings. The molecular weight excluding hydrogens is 274 g/mol. The van der Waals surface area contributed by atoms with Crippen molar-refractivity contribution in [3.63, 3.8) is 0 Å². The summed E-state index contributed by atoms with van der Waals surface area (Å²) in [5.74, 6) is 0. The first kappa shape index (κ1) is 11.6. The summed E-state index contributed by atoms with van der Waals surface area (Å²) in [6.45, 7) is 2.41. The minimum absolute atomic E-state index is 0.298. The quantitative estimate of drug-likeness (QED) is 0.925. The van der Waals surface area contributed by atoms with Crippen LogP contribution in [-0.4, -0.2) is 29.2 Å². The Labute approximate surface area is 103 Å². The van der Waals surface area contributed by atoms with E-state index in [9.17, 15) is 5.11 Å². The first-order chi connectivity index (χ1) is 7.29. The van der Waals surface area contributed by atoms with Gasteiger partial charge in [0.05, 0.1) is 10.4 Å². The first-order valence-corrected chi connectivity index (χ1v) is 6.99. The van der Waals surface area contributed by atoms with Gasteiger partial charge in [-0.1, -0.05) is 6.42 Å². The van der Waals surface area contributed by atoms with E-state index in [2.05, 4.69) is 33.0 Å². The third-order valence-corrected chi connectivity index (χ3v) is 4.56. The second-order valence-electron chi connectivity index (χ2n) is 4.01. The van der Waals surface area contributed by atoms with Gasteiger partial charge in [-0.2, -0.15) is 0 Å². The normalized spacial score (nSPS) is 23.2. The smallest absolute Gasteiger partial charge is 0.0701 e. The molecule has 4 heteroatoms. The summed E-state index contributed by atoms with van der Waals surface area (Å²) in [5.41, 5.74) is 0. The van der Waals surface area contributed by atoms with Crippen LogP contribution in [0.2, 0.25) is 0 Å². The molecular formula is C11H16BrNOS. The number of halogens is 1. The van der Waals surface area contributed by atoms with Gasteiger partial charge in [-0.3, -0.25) is 4.90 Å². The van der Waals surface area contributed by atoms with E-state index in [0.717, 1.165) is 19.5 Å². The van der Waals surface area contributed by atoms with Gasteiger partial charge in [0.15, 0.2) is 0 Å². The molecule has 2 nitrogen and oxygen atoms in total. The molecule has 0 aliphatic carbocycles. The molecule has 0 spiro atoms. The first-order valence-electron chi connectivity index (χ1n) is 5.38. The maximum Gasteiger partial charge on any atom is 0.0701 e. The molecule has 2 rings (SSSR count). The molecule has 1 aromatic rings. The summed E-state index contributed by atoms with van der Waals surface area (Å²) in [5, 5.41) is 9.30. The number of aliphatic hydroxyl groups is 1. The molecule has 1 atom stereocenters. The van der Waals surface area contributed by atoms with Crippen LogP contribution in [-0.2, 0) is 6.54 Å². The zero-order valence-corrected chi connectivity index (χ0v) is 11.1. The van der Waals surface area contributed by atoms with Crippen LogP contribution in [0.25, 0.3) is 0 Å². The maximum atomic E-state index is 9.30. The van der Waals surface area contributed by atoms with E-state index in [1.165, 1.54) is 21.5 Å². The maximum absolute atomic E-state index is 9.30. The van der Waals surface area contributed by atoms with Crippen molar-refractivity contribution >= 4 is 27.3 Å². The van der Waals surface area contributed by atoms with Gasteiger partial charge in [-0.15, -0.1) is 11.3 Å². The molecule has 0 saturated carbocycles. The molecule has 1 N–H and O–H groups in total. The van der Waals surface area contributed by atoms with Crippen LogP contribution < -0.4 is 0 Å². The summed E-state index contributed by atoms with van der Waals surface area (Å²) >= 11 is 5.27. The van der Waals surface area contributed by atoms with Crippen LogP contribution in [0.15, 0.2) is 15.9 Å². The van der Waals surface area contributed by atoms with Crippen molar-refractivity contribution in [2.75, 3.05) is 13.2 Å². The van der Waals surface area contributed by atoms with Crippen molar-refractivity contribution in [3.8, 4) is 0 Å². The van der Waals surface area contributed by atoms with Gasteiger partial charge >= 0.3 is 0 Å². The molecule has 15 heavy (non-hydrogen) atoms. The molecule has 0 bridgehead atoms. The predicted octanol–water partition coefficient (Wildman–Crippen LogP) is 2.86. The highest BCUT2D eigenvalue weighted by atomic mass is 79.9. The Hall–Kier alpha value is 0.1000. The average Bonchev–Trinajstić information content (AvgIpc) is 2.65. The van der Waals surface area contributed by atoms with Crippen LogP contribution in [0.4, 0.5) is 0 Å². The monoisotopic (exact) mass is 289 g/mol. The highest BCUT2D eigenvalue weighted by Crippen LogP contribution is 2.26. The lowest BCUT2D eigenvalue weighted by Gasteiger charge is -2.34. The summed E-state index contributed by atoms with van der Waals surface area (Å²) in [6.07, 6.45) is 3.67. The second kappa shape index (κ2) is 5.43. The van der Waals surface area contributed by atoms with Crippen LogP contribution in [0.3, 0.4) is 0 Å². The van der Waals surface area contributed by atoms with Crippen LogP contribution in [0.1, 0.15) is 24.1 Å². The molecule has 1 aromatic heterocycles. The summed E-state index contributed by atoms with van der Waals surface area (Å²) in [4.78, 5) is 3.78. The van der Waals surface area contributed by atoms with Gasteiger partial charge in [0, 0.05) is 17.5 Å². The van der Waals surface area contributed by atoms with E-state index in [0.29, 0.717) is 12.6 Å². The molecule has 0 radical (unpaired) electrons. The molecule has 1 saturated heterocycles. The average molecular weight is 290 g/mol. The topological polar surface area (TPSA) is 23.5 Å². The third-order valence-electron chi connectivity index (χ3n) is 2.95. The minimum atomic E-state index is 0.298. The Kier molecular flexibility index (Phi) is 4.20. The van der Waals surface area contributed by atoms with E-state index in [1.54, 1.807) is 11.3 Å². The van der Waals surface area contributed by atoms with Gasteiger partial charge in [0.25, 0.3) is 0 Å². The van der Waals surface area contributed by atoms with Crippen molar-refractivity contribution in [1.29, 1.82) is 0 Å². The van der Waals surface area contributed by atoms with Crippen LogP contribution in [0.5, 0.6) is 0 Å². The Morgan fingerprint density at radius 2 is 2.33 bits per heavy atom. The molecule has 84 valence electrons. The number of hydrogen-bond donors (Lipinski definition) is 1. The number of piperidine rings is 1. The van der Waals surface area contributed by atoms with Crippen molar-refractivity contribution < 1.29 is 5.11 Å². The number of likely N-dealkylation sites (tertiary alicyclic amines) is 1.